The van der Waals surface area contributed by atoms with Crippen molar-refractivity contribution in [1.82, 2.24) is 9.55 Å². The summed E-state index contributed by atoms with van der Waals surface area (Å²) in [5.41, 5.74) is 0.888. The van der Waals surface area contributed by atoms with E-state index in [-0.39, 0.29) is 0 Å². The monoisotopic (exact) mass is 147 g/mol. The standard InChI is InChI=1S/C8H9N3/c9-4-3-7-5-11(6-10-7)8-1-2-8/h5-6,8H,1-3H2. The number of hydrogen-bond donors (Lipinski definition) is 0. The fourth-order valence-electron chi connectivity index (χ4n) is 1.12. The van der Waals surface area contributed by atoms with Crippen molar-refractivity contribution < 1.29 is 0 Å². The number of aromatic nitrogens is 2. The van der Waals surface area contributed by atoms with E-state index in [1.165, 1.54) is 12.8 Å². The molecule has 1 aromatic rings. The molecule has 1 aliphatic carbocycles. The first kappa shape index (κ1) is 6.41. The minimum Gasteiger partial charge on any atom is -0.334 e. The van der Waals surface area contributed by atoms with Gasteiger partial charge in [0, 0.05) is 12.2 Å². The Morgan fingerprint density at radius 1 is 1.73 bits per heavy atom. The lowest BCUT2D eigenvalue weighted by atomic mass is 10.4. The van der Waals surface area contributed by atoms with Crippen molar-refractivity contribution in [1.29, 1.82) is 5.26 Å². The van der Waals surface area contributed by atoms with E-state index in [0.717, 1.165) is 5.69 Å². The molecule has 2 rings (SSSR count). The van der Waals surface area contributed by atoms with Crippen LogP contribution in [0.15, 0.2) is 12.5 Å². The van der Waals surface area contributed by atoms with Crippen LogP contribution in [-0.2, 0) is 6.42 Å². The average molecular weight is 147 g/mol. The van der Waals surface area contributed by atoms with Gasteiger partial charge in [-0.15, -0.1) is 0 Å². The molecule has 0 aliphatic heterocycles. The van der Waals surface area contributed by atoms with E-state index in [1.807, 2.05) is 12.5 Å². The molecule has 0 unspecified atom stereocenters. The molecule has 0 atom stereocenters. The van der Waals surface area contributed by atoms with Gasteiger partial charge in [0.1, 0.15) is 0 Å². The Morgan fingerprint density at radius 3 is 3.18 bits per heavy atom. The Hall–Kier alpha value is -1.30. The van der Waals surface area contributed by atoms with Crippen LogP contribution < -0.4 is 0 Å². The summed E-state index contributed by atoms with van der Waals surface area (Å²) in [6.45, 7) is 0. The van der Waals surface area contributed by atoms with Gasteiger partial charge in [0.2, 0.25) is 0 Å². The molecule has 0 aromatic carbocycles. The van der Waals surface area contributed by atoms with Gasteiger partial charge in [0.15, 0.2) is 0 Å². The van der Waals surface area contributed by atoms with Crippen LogP contribution in [0.3, 0.4) is 0 Å². The summed E-state index contributed by atoms with van der Waals surface area (Å²) in [4.78, 5) is 4.11. The molecule has 1 heterocycles. The first-order valence-corrected chi connectivity index (χ1v) is 3.79. The molecule has 1 aromatic heterocycles. The summed E-state index contributed by atoms with van der Waals surface area (Å²) >= 11 is 0. The van der Waals surface area contributed by atoms with Crippen molar-refractivity contribution in [3.8, 4) is 6.07 Å². The number of nitrogens with zero attached hydrogens (tertiary/aromatic N) is 3. The lowest BCUT2D eigenvalue weighted by molar-refractivity contribution is 0.740. The Labute approximate surface area is 65.3 Å². The van der Waals surface area contributed by atoms with E-state index in [0.29, 0.717) is 12.5 Å². The highest BCUT2D eigenvalue weighted by atomic mass is 15.1. The number of hydrogen-bond acceptors (Lipinski definition) is 2. The number of rotatable bonds is 2. The lowest BCUT2D eigenvalue weighted by Crippen LogP contribution is -1.87. The summed E-state index contributed by atoms with van der Waals surface area (Å²) in [7, 11) is 0. The van der Waals surface area contributed by atoms with E-state index in [1.54, 1.807) is 0 Å². The molecule has 56 valence electrons. The van der Waals surface area contributed by atoms with Crippen LogP contribution in [0, 0.1) is 11.3 Å². The van der Waals surface area contributed by atoms with Crippen LogP contribution in [0.25, 0.3) is 0 Å². The van der Waals surface area contributed by atoms with Gasteiger partial charge in [-0.1, -0.05) is 0 Å². The molecule has 0 bridgehead atoms. The van der Waals surface area contributed by atoms with Crippen molar-refractivity contribution in [2.75, 3.05) is 0 Å². The summed E-state index contributed by atoms with van der Waals surface area (Å²) in [6.07, 6.45) is 6.76. The first-order valence-electron chi connectivity index (χ1n) is 3.79. The Balaban J connectivity index is 2.13. The number of imidazole rings is 1. The molecule has 0 radical (unpaired) electrons. The van der Waals surface area contributed by atoms with Crippen LogP contribution >= 0.6 is 0 Å². The highest BCUT2D eigenvalue weighted by molar-refractivity contribution is 5.05. The predicted molar refractivity (Wildman–Crippen MR) is 39.8 cm³/mol. The van der Waals surface area contributed by atoms with E-state index in [9.17, 15) is 0 Å². The third kappa shape index (κ3) is 1.25. The third-order valence-corrected chi connectivity index (χ3v) is 1.88. The fraction of sp³-hybridized carbons (Fsp3) is 0.500. The third-order valence-electron chi connectivity index (χ3n) is 1.88. The number of nitriles is 1. The molecule has 3 nitrogen and oxygen atoms in total. The largest absolute Gasteiger partial charge is 0.334 e. The maximum absolute atomic E-state index is 8.38. The molecule has 0 N–H and O–H groups in total. The molecule has 11 heavy (non-hydrogen) atoms. The van der Waals surface area contributed by atoms with Crippen LogP contribution in [0.2, 0.25) is 0 Å². The average Bonchev–Trinajstić information content (AvgIpc) is 2.75. The van der Waals surface area contributed by atoms with E-state index < -0.39 is 0 Å². The molecule has 0 saturated heterocycles. The molecule has 1 fully saturated rings. The maximum atomic E-state index is 8.38. The molecule has 3 heteroatoms. The highest BCUT2D eigenvalue weighted by Crippen LogP contribution is 2.34. The van der Waals surface area contributed by atoms with Crippen molar-refractivity contribution >= 4 is 0 Å². The van der Waals surface area contributed by atoms with E-state index in [2.05, 4.69) is 15.6 Å². The lowest BCUT2D eigenvalue weighted by Gasteiger charge is -1.92. The van der Waals surface area contributed by atoms with Crippen molar-refractivity contribution in [3.05, 3.63) is 18.2 Å². The fourth-order valence-corrected chi connectivity index (χ4v) is 1.12. The van der Waals surface area contributed by atoms with Gasteiger partial charge >= 0.3 is 0 Å². The second-order valence-corrected chi connectivity index (χ2v) is 2.88. The van der Waals surface area contributed by atoms with Crippen molar-refractivity contribution in [2.45, 2.75) is 25.3 Å². The molecular formula is C8H9N3. The zero-order valence-corrected chi connectivity index (χ0v) is 6.20. The van der Waals surface area contributed by atoms with Crippen molar-refractivity contribution in [2.24, 2.45) is 0 Å². The Kier molecular flexibility index (Phi) is 1.39. The van der Waals surface area contributed by atoms with Crippen molar-refractivity contribution in [3.63, 3.8) is 0 Å². The van der Waals surface area contributed by atoms with Crippen LogP contribution in [0.4, 0.5) is 0 Å². The molecule has 1 saturated carbocycles. The van der Waals surface area contributed by atoms with Gasteiger partial charge in [0.05, 0.1) is 24.5 Å². The van der Waals surface area contributed by atoms with Gasteiger partial charge in [-0.2, -0.15) is 5.26 Å². The Morgan fingerprint density at radius 2 is 2.55 bits per heavy atom. The molecule has 1 aliphatic rings. The summed E-state index contributed by atoms with van der Waals surface area (Å²) in [5.74, 6) is 0. The van der Waals surface area contributed by atoms with Crippen LogP contribution in [0.1, 0.15) is 24.6 Å². The minimum atomic E-state index is 0.430. The molecule has 0 spiro atoms. The summed E-state index contributed by atoms with van der Waals surface area (Å²) < 4.78 is 2.10. The Bertz CT molecular complexity index is 291. The zero-order valence-electron chi connectivity index (χ0n) is 6.20. The normalized spacial score (nSPS) is 16.3. The van der Waals surface area contributed by atoms with Gasteiger partial charge < -0.3 is 4.57 Å². The van der Waals surface area contributed by atoms with Gasteiger partial charge in [-0.3, -0.25) is 0 Å². The smallest absolute Gasteiger partial charge is 0.0952 e. The maximum Gasteiger partial charge on any atom is 0.0952 e. The topological polar surface area (TPSA) is 41.6 Å². The summed E-state index contributed by atoms with van der Waals surface area (Å²) in [5, 5.41) is 8.38. The minimum absolute atomic E-state index is 0.430. The van der Waals surface area contributed by atoms with Gasteiger partial charge in [-0.25, -0.2) is 4.98 Å². The molecule has 0 amide bonds. The van der Waals surface area contributed by atoms with E-state index in [4.69, 9.17) is 5.26 Å². The highest BCUT2D eigenvalue weighted by Gasteiger charge is 2.22. The SMILES string of the molecule is N#CCc1cn(C2CC2)cn1. The van der Waals surface area contributed by atoms with Gasteiger partial charge in [0.25, 0.3) is 0 Å². The quantitative estimate of drug-likeness (QED) is 0.632. The van der Waals surface area contributed by atoms with Crippen LogP contribution in [0.5, 0.6) is 0 Å². The van der Waals surface area contributed by atoms with Crippen LogP contribution in [-0.4, -0.2) is 9.55 Å². The zero-order chi connectivity index (χ0) is 7.68. The predicted octanol–water partition coefficient (Wildman–Crippen LogP) is 1.28. The first-order chi connectivity index (χ1) is 5.40. The molecular weight excluding hydrogens is 138 g/mol. The second-order valence-electron chi connectivity index (χ2n) is 2.88. The van der Waals surface area contributed by atoms with E-state index >= 15 is 0 Å². The van der Waals surface area contributed by atoms with Gasteiger partial charge in [-0.05, 0) is 12.8 Å². The summed E-state index contributed by atoms with van der Waals surface area (Å²) in [6, 6.07) is 2.76. The second kappa shape index (κ2) is 2.39.